The van der Waals surface area contributed by atoms with Crippen molar-refractivity contribution in [2.45, 2.75) is 33.3 Å². The molecule has 2 N–H and O–H groups in total. The third-order valence-electron chi connectivity index (χ3n) is 8.55. The lowest BCUT2D eigenvalue weighted by Crippen LogP contribution is -2.35. The molecule has 0 bridgehead atoms. The molecule has 1 heterocycles. The molecule has 6 aromatic carbocycles. The van der Waals surface area contributed by atoms with Crippen LogP contribution < -0.4 is 15.5 Å². The molecule has 6 aromatic rings. The Bertz CT molecular complexity index is 2190. The predicted octanol–water partition coefficient (Wildman–Crippen LogP) is 10.5. The molecule has 0 saturated carbocycles. The lowest BCUT2D eigenvalue weighted by molar-refractivity contribution is -0.117. The minimum Gasteiger partial charge on any atom is -0.321 e. The molecule has 7 rings (SSSR count). The maximum Gasteiger partial charge on any atom is 0.272 e. The van der Waals surface area contributed by atoms with Crippen molar-refractivity contribution in [3.05, 3.63) is 175 Å². The van der Waals surface area contributed by atoms with Gasteiger partial charge in [0, 0.05) is 25.9 Å². The zero-order chi connectivity index (χ0) is 35.9. The number of carbonyl (C=O) groups is 3. The second kappa shape index (κ2) is 16.0. The Balaban J connectivity index is 1.08. The van der Waals surface area contributed by atoms with Crippen molar-refractivity contribution < 1.29 is 14.4 Å². The smallest absolute Gasteiger partial charge is 0.272 e. The quantitative estimate of drug-likeness (QED) is 0.109. The second-order valence-corrected chi connectivity index (χ2v) is 14.4. The number of hydrogen-bond donors (Lipinski definition) is 2. The third kappa shape index (κ3) is 7.89. The predicted molar refractivity (Wildman–Crippen MR) is 213 cm³/mol. The summed E-state index contributed by atoms with van der Waals surface area (Å²) >= 11 is 3.18. The Morgan fingerprint density at radius 3 is 1.85 bits per heavy atom. The fourth-order valence-electron chi connectivity index (χ4n) is 5.89. The van der Waals surface area contributed by atoms with Crippen LogP contribution in [0.15, 0.2) is 178 Å². The lowest BCUT2D eigenvalue weighted by atomic mass is 10.0. The molecule has 8 heteroatoms. The van der Waals surface area contributed by atoms with Crippen molar-refractivity contribution in [1.82, 2.24) is 5.32 Å². The van der Waals surface area contributed by atoms with Crippen LogP contribution in [-0.2, 0) is 9.59 Å². The second-order valence-electron chi connectivity index (χ2n) is 12.1. The number of rotatable bonds is 10. The van der Waals surface area contributed by atoms with Crippen LogP contribution in [0.1, 0.15) is 29.3 Å². The van der Waals surface area contributed by atoms with Crippen molar-refractivity contribution >= 4 is 64.4 Å². The summed E-state index contributed by atoms with van der Waals surface area (Å²) in [6.45, 7) is 2.02. The van der Waals surface area contributed by atoms with Gasteiger partial charge in [-0.05, 0) is 89.9 Å². The standard InChI is InChI=1S/C44H35N3O3S2/c1-2-39(44(50)47-37-17-9-11-19-40(37)52-41-20-12-10-18-38(41)47)51-35-27-25-34(26-28-35)45-43(49)36(46-42(48)33-15-7-4-8-16-33)29-30-21-23-32(24-22-30)31-13-5-3-6-14-31/h3-29,39H,2H2,1H3,(H,45,49)(H,46,48)/b36-29-. The molecule has 1 aliphatic heterocycles. The molecule has 0 saturated heterocycles. The molecule has 1 unspecified atom stereocenters. The fourth-order valence-corrected chi connectivity index (χ4v) is 7.94. The molecule has 1 aliphatic rings. The van der Waals surface area contributed by atoms with Crippen LogP contribution in [-0.4, -0.2) is 23.0 Å². The summed E-state index contributed by atoms with van der Waals surface area (Å²) in [7, 11) is 0. The van der Waals surface area contributed by atoms with Gasteiger partial charge in [0.1, 0.15) is 5.70 Å². The van der Waals surface area contributed by atoms with E-state index in [-0.39, 0.29) is 22.8 Å². The first-order valence-electron chi connectivity index (χ1n) is 17.0. The number of anilines is 3. The van der Waals surface area contributed by atoms with Gasteiger partial charge >= 0.3 is 0 Å². The van der Waals surface area contributed by atoms with E-state index in [9.17, 15) is 14.4 Å². The highest BCUT2D eigenvalue weighted by Crippen LogP contribution is 2.49. The van der Waals surface area contributed by atoms with Crippen LogP contribution >= 0.6 is 23.5 Å². The molecule has 256 valence electrons. The summed E-state index contributed by atoms with van der Waals surface area (Å²) < 4.78 is 0. The number of carbonyl (C=O) groups excluding carboxylic acids is 3. The number of hydrogen-bond acceptors (Lipinski definition) is 5. The summed E-state index contributed by atoms with van der Waals surface area (Å²) in [6.07, 6.45) is 2.31. The Kier molecular flexibility index (Phi) is 10.7. The van der Waals surface area contributed by atoms with E-state index < -0.39 is 5.91 Å². The lowest BCUT2D eigenvalue weighted by Gasteiger charge is -2.33. The van der Waals surface area contributed by atoms with Crippen LogP contribution in [0.3, 0.4) is 0 Å². The molecular formula is C44H35N3O3S2. The maximum absolute atomic E-state index is 14.2. The van der Waals surface area contributed by atoms with Gasteiger partial charge in [0.05, 0.1) is 16.6 Å². The van der Waals surface area contributed by atoms with E-state index in [1.54, 1.807) is 42.1 Å². The van der Waals surface area contributed by atoms with Crippen molar-refractivity contribution in [2.75, 3.05) is 10.2 Å². The summed E-state index contributed by atoms with van der Waals surface area (Å²) in [5.74, 6) is -0.827. The normalized spacial score (nSPS) is 12.6. The summed E-state index contributed by atoms with van der Waals surface area (Å²) in [6, 6.07) is 50.1. The molecule has 0 spiro atoms. The van der Waals surface area contributed by atoms with Crippen molar-refractivity contribution in [1.29, 1.82) is 0 Å². The van der Waals surface area contributed by atoms with Crippen molar-refractivity contribution in [3.8, 4) is 11.1 Å². The van der Waals surface area contributed by atoms with Crippen LogP contribution in [0.5, 0.6) is 0 Å². The summed E-state index contributed by atoms with van der Waals surface area (Å²) in [5, 5.41) is 5.42. The largest absolute Gasteiger partial charge is 0.321 e. The van der Waals surface area contributed by atoms with Gasteiger partial charge in [-0.15, -0.1) is 11.8 Å². The number of fused-ring (bicyclic) bond motifs is 2. The number of amides is 3. The molecule has 1 atom stereocenters. The Morgan fingerprint density at radius 1 is 0.673 bits per heavy atom. The van der Waals surface area contributed by atoms with E-state index in [1.165, 1.54) is 11.8 Å². The SMILES string of the molecule is CCC(Sc1ccc(NC(=O)/C(=C/c2ccc(-c3ccccc3)cc2)NC(=O)c2ccccc2)cc1)C(=O)N1c2ccccc2Sc2ccccc21. The van der Waals surface area contributed by atoms with Gasteiger partial charge in [-0.25, -0.2) is 0 Å². The first-order chi connectivity index (χ1) is 25.5. The number of benzene rings is 6. The maximum atomic E-state index is 14.2. The number of nitrogens with zero attached hydrogens (tertiary/aromatic N) is 1. The minimum atomic E-state index is -0.460. The molecule has 0 aromatic heterocycles. The van der Waals surface area contributed by atoms with E-state index in [2.05, 4.69) is 10.6 Å². The van der Waals surface area contributed by atoms with Gasteiger partial charge in [-0.2, -0.15) is 0 Å². The molecule has 52 heavy (non-hydrogen) atoms. The molecule has 0 aliphatic carbocycles. The van der Waals surface area contributed by atoms with E-state index in [0.29, 0.717) is 17.7 Å². The average Bonchev–Trinajstić information content (AvgIpc) is 3.20. The molecule has 3 amide bonds. The van der Waals surface area contributed by atoms with Crippen LogP contribution in [0.25, 0.3) is 17.2 Å². The van der Waals surface area contributed by atoms with Gasteiger partial charge < -0.3 is 10.6 Å². The summed E-state index contributed by atoms with van der Waals surface area (Å²) in [5.41, 5.74) is 5.79. The highest BCUT2D eigenvalue weighted by Gasteiger charge is 2.32. The van der Waals surface area contributed by atoms with Crippen molar-refractivity contribution in [3.63, 3.8) is 0 Å². The van der Waals surface area contributed by atoms with Gasteiger partial charge in [0.15, 0.2) is 0 Å². The fraction of sp³-hybridized carbons (Fsp3) is 0.0682. The van der Waals surface area contributed by atoms with E-state index >= 15 is 0 Å². The number of thioether (sulfide) groups is 1. The zero-order valence-electron chi connectivity index (χ0n) is 28.4. The highest BCUT2D eigenvalue weighted by atomic mass is 32.2. The van der Waals surface area contributed by atoms with Gasteiger partial charge in [0.25, 0.3) is 11.8 Å². The Hall–Kier alpha value is -5.83. The first kappa shape index (κ1) is 34.6. The van der Waals surface area contributed by atoms with Gasteiger partial charge in [0.2, 0.25) is 5.91 Å². The van der Waals surface area contributed by atoms with Crippen LogP contribution in [0.2, 0.25) is 0 Å². The van der Waals surface area contributed by atoms with Crippen LogP contribution in [0, 0.1) is 0 Å². The van der Waals surface area contributed by atoms with Gasteiger partial charge in [-0.3, -0.25) is 19.3 Å². The number of para-hydroxylation sites is 2. The van der Waals surface area contributed by atoms with E-state index in [1.807, 2.05) is 145 Å². The van der Waals surface area contributed by atoms with Gasteiger partial charge in [-0.1, -0.05) is 116 Å². The van der Waals surface area contributed by atoms with E-state index in [4.69, 9.17) is 0 Å². The topological polar surface area (TPSA) is 78.5 Å². The van der Waals surface area contributed by atoms with E-state index in [0.717, 1.165) is 42.8 Å². The minimum absolute atomic E-state index is 0.0193. The summed E-state index contributed by atoms with van der Waals surface area (Å²) in [4.78, 5) is 45.9. The molecule has 0 radical (unpaired) electrons. The number of nitrogens with one attached hydrogen (secondary N) is 2. The highest BCUT2D eigenvalue weighted by molar-refractivity contribution is 8.00. The Morgan fingerprint density at radius 2 is 1.23 bits per heavy atom. The van der Waals surface area contributed by atoms with Crippen molar-refractivity contribution in [2.24, 2.45) is 0 Å². The average molecular weight is 718 g/mol. The monoisotopic (exact) mass is 717 g/mol. The Labute approximate surface area is 312 Å². The first-order valence-corrected chi connectivity index (χ1v) is 18.7. The zero-order valence-corrected chi connectivity index (χ0v) is 30.0. The third-order valence-corrected chi connectivity index (χ3v) is 11.0. The molecular weight excluding hydrogens is 683 g/mol. The molecule has 0 fully saturated rings. The van der Waals surface area contributed by atoms with Crippen LogP contribution in [0.4, 0.5) is 17.1 Å². The molecule has 6 nitrogen and oxygen atoms in total.